The minimum atomic E-state index is 0.525. The van der Waals surface area contributed by atoms with Crippen LogP contribution in [0.3, 0.4) is 0 Å². The van der Waals surface area contributed by atoms with E-state index in [-0.39, 0.29) is 0 Å². The number of aromatic nitrogens is 2. The van der Waals surface area contributed by atoms with Gasteiger partial charge in [0.05, 0.1) is 0 Å². The van der Waals surface area contributed by atoms with Gasteiger partial charge in [0, 0.05) is 18.8 Å². The van der Waals surface area contributed by atoms with E-state index in [1.54, 1.807) is 0 Å². The van der Waals surface area contributed by atoms with Crippen LogP contribution in [0.2, 0.25) is 0 Å². The number of nitrogens with one attached hydrogen (secondary N) is 2. The summed E-state index contributed by atoms with van der Waals surface area (Å²) in [6, 6.07) is 13.0. The van der Waals surface area contributed by atoms with E-state index in [1.807, 2.05) is 18.3 Å². The highest BCUT2D eigenvalue weighted by molar-refractivity contribution is 5.40. The molecule has 4 nitrogen and oxygen atoms in total. The minimum Gasteiger partial charge on any atom is -0.370 e. The van der Waals surface area contributed by atoms with Gasteiger partial charge in [-0.3, -0.25) is 0 Å². The maximum atomic E-state index is 4.60. The molecule has 0 unspecified atom stereocenters. The fraction of sp³-hybridized carbons (Fsp3) is 0.474. The molecule has 0 amide bonds. The lowest BCUT2D eigenvalue weighted by molar-refractivity contribution is 0.615. The Balaban J connectivity index is 1.50. The van der Waals surface area contributed by atoms with Gasteiger partial charge in [-0.25, -0.2) is 4.98 Å². The van der Waals surface area contributed by atoms with Gasteiger partial charge in [0.25, 0.3) is 0 Å². The zero-order valence-corrected chi connectivity index (χ0v) is 13.7. The highest BCUT2D eigenvalue weighted by Gasteiger charge is 2.13. The molecule has 3 rings (SSSR count). The summed E-state index contributed by atoms with van der Waals surface area (Å²) < 4.78 is 0. The normalized spacial score (nSPS) is 15.8. The van der Waals surface area contributed by atoms with Crippen LogP contribution in [-0.4, -0.2) is 22.6 Å². The van der Waals surface area contributed by atoms with E-state index < -0.39 is 0 Å². The molecule has 1 fully saturated rings. The molecule has 122 valence electrons. The van der Waals surface area contributed by atoms with Gasteiger partial charge in [0.2, 0.25) is 5.95 Å². The molecule has 23 heavy (non-hydrogen) atoms. The summed E-state index contributed by atoms with van der Waals surface area (Å²) in [7, 11) is 0. The van der Waals surface area contributed by atoms with Crippen LogP contribution in [0.1, 0.15) is 44.1 Å². The van der Waals surface area contributed by atoms with E-state index in [2.05, 4.69) is 44.9 Å². The first-order chi connectivity index (χ1) is 11.4. The number of hydrogen-bond donors (Lipinski definition) is 2. The molecular weight excluding hydrogens is 284 g/mol. The Hall–Kier alpha value is -2.10. The van der Waals surface area contributed by atoms with Crippen LogP contribution in [-0.2, 0) is 6.42 Å². The third-order valence-corrected chi connectivity index (χ3v) is 4.41. The number of anilines is 2. The van der Waals surface area contributed by atoms with Gasteiger partial charge in [-0.05, 0) is 30.9 Å². The van der Waals surface area contributed by atoms with Gasteiger partial charge in [-0.1, -0.05) is 56.0 Å². The second kappa shape index (κ2) is 8.51. The highest BCUT2D eigenvalue weighted by atomic mass is 15.1. The molecule has 0 saturated heterocycles. The molecule has 0 bridgehead atoms. The summed E-state index contributed by atoms with van der Waals surface area (Å²) in [6.07, 6.45) is 10.6. The van der Waals surface area contributed by atoms with E-state index in [0.29, 0.717) is 6.04 Å². The number of hydrogen-bond acceptors (Lipinski definition) is 4. The first-order valence-corrected chi connectivity index (χ1v) is 8.77. The number of rotatable bonds is 6. The molecule has 0 atom stereocenters. The molecule has 1 saturated carbocycles. The van der Waals surface area contributed by atoms with Gasteiger partial charge in [-0.15, -0.1) is 0 Å². The Labute approximate surface area is 138 Å². The van der Waals surface area contributed by atoms with Crippen molar-refractivity contribution in [3.63, 3.8) is 0 Å². The standard InChI is InChI=1S/C19H26N4/c1-2-7-11-17(10-6-1)22-19-21-15-13-18(23-19)20-14-12-16-8-4-3-5-9-16/h3-5,8-9,13,15,17H,1-2,6-7,10-12,14H2,(H2,20,21,22,23). The fourth-order valence-corrected chi connectivity index (χ4v) is 3.11. The molecule has 1 heterocycles. The summed E-state index contributed by atoms with van der Waals surface area (Å²) >= 11 is 0. The van der Waals surface area contributed by atoms with E-state index in [0.717, 1.165) is 24.7 Å². The molecule has 1 aliphatic rings. The van der Waals surface area contributed by atoms with Gasteiger partial charge < -0.3 is 10.6 Å². The quantitative estimate of drug-likeness (QED) is 0.783. The van der Waals surface area contributed by atoms with Gasteiger partial charge in [-0.2, -0.15) is 4.98 Å². The van der Waals surface area contributed by atoms with Crippen LogP contribution in [0.25, 0.3) is 0 Å². The van der Waals surface area contributed by atoms with Crippen LogP contribution in [0.4, 0.5) is 11.8 Å². The molecule has 0 radical (unpaired) electrons. The Bertz CT molecular complexity index is 577. The summed E-state index contributed by atoms with van der Waals surface area (Å²) in [5.41, 5.74) is 1.34. The lowest BCUT2D eigenvalue weighted by Crippen LogP contribution is -2.20. The van der Waals surface area contributed by atoms with Crippen LogP contribution in [0, 0.1) is 0 Å². The topological polar surface area (TPSA) is 49.8 Å². The van der Waals surface area contributed by atoms with Gasteiger partial charge in [0.1, 0.15) is 5.82 Å². The van der Waals surface area contributed by atoms with Crippen molar-refractivity contribution in [2.24, 2.45) is 0 Å². The fourth-order valence-electron chi connectivity index (χ4n) is 3.11. The maximum absolute atomic E-state index is 4.60. The molecule has 2 N–H and O–H groups in total. The Kier molecular flexibility index (Phi) is 5.84. The zero-order chi connectivity index (χ0) is 15.7. The van der Waals surface area contributed by atoms with E-state index in [1.165, 1.54) is 44.1 Å². The van der Waals surface area contributed by atoms with Gasteiger partial charge in [0.15, 0.2) is 0 Å². The molecule has 1 aliphatic carbocycles. The summed E-state index contributed by atoms with van der Waals surface area (Å²) in [6.45, 7) is 0.879. The summed E-state index contributed by atoms with van der Waals surface area (Å²) in [4.78, 5) is 8.96. The van der Waals surface area contributed by atoms with Crippen molar-refractivity contribution < 1.29 is 0 Å². The van der Waals surface area contributed by atoms with Crippen LogP contribution in [0.5, 0.6) is 0 Å². The van der Waals surface area contributed by atoms with E-state index >= 15 is 0 Å². The monoisotopic (exact) mass is 310 g/mol. The second-order valence-electron chi connectivity index (χ2n) is 6.26. The average Bonchev–Trinajstić information content (AvgIpc) is 2.85. The van der Waals surface area contributed by atoms with E-state index in [9.17, 15) is 0 Å². The molecule has 4 heteroatoms. The third-order valence-electron chi connectivity index (χ3n) is 4.41. The lowest BCUT2D eigenvalue weighted by Gasteiger charge is -2.16. The SMILES string of the molecule is c1ccc(CCNc2ccnc(NC3CCCCCC3)n2)cc1. The third kappa shape index (κ3) is 5.23. The molecule has 1 aromatic carbocycles. The van der Waals surface area contributed by atoms with Crippen molar-refractivity contribution in [3.8, 4) is 0 Å². The van der Waals surface area contributed by atoms with Crippen molar-refractivity contribution in [1.29, 1.82) is 0 Å². The largest absolute Gasteiger partial charge is 0.370 e. The van der Waals surface area contributed by atoms with E-state index in [4.69, 9.17) is 0 Å². The smallest absolute Gasteiger partial charge is 0.224 e. The predicted molar refractivity (Wildman–Crippen MR) is 95.8 cm³/mol. The first-order valence-electron chi connectivity index (χ1n) is 8.77. The Morgan fingerprint density at radius 2 is 1.74 bits per heavy atom. The molecular formula is C19H26N4. The van der Waals surface area contributed by atoms with Crippen LogP contribution >= 0.6 is 0 Å². The molecule has 0 aliphatic heterocycles. The number of nitrogens with zero attached hydrogens (tertiary/aromatic N) is 2. The minimum absolute atomic E-state index is 0.525. The maximum Gasteiger partial charge on any atom is 0.224 e. The van der Waals surface area contributed by atoms with Crippen LogP contribution < -0.4 is 10.6 Å². The van der Waals surface area contributed by atoms with Crippen molar-refractivity contribution in [1.82, 2.24) is 9.97 Å². The van der Waals surface area contributed by atoms with Crippen molar-refractivity contribution in [2.45, 2.75) is 51.0 Å². The van der Waals surface area contributed by atoms with Crippen molar-refractivity contribution in [3.05, 3.63) is 48.2 Å². The second-order valence-corrected chi connectivity index (χ2v) is 6.26. The predicted octanol–water partition coefficient (Wildman–Crippen LogP) is 4.27. The number of benzene rings is 1. The molecule has 2 aromatic rings. The Morgan fingerprint density at radius 1 is 0.957 bits per heavy atom. The summed E-state index contributed by atoms with van der Waals surface area (Å²) in [5, 5.41) is 6.90. The van der Waals surface area contributed by atoms with Crippen molar-refractivity contribution in [2.75, 3.05) is 17.2 Å². The molecule has 1 aromatic heterocycles. The lowest BCUT2D eigenvalue weighted by atomic mass is 10.1. The average molecular weight is 310 g/mol. The first kappa shape index (κ1) is 15.8. The zero-order valence-electron chi connectivity index (χ0n) is 13.7. The Morgan fingerprint density at radius 3 is 2.52 bits per heavy atom. The summed E-state index contributed by atoms with van der Waals surface area (Å²) in [5.74, 6) is 1.65. The molecule has 0 spiro atoms. The van der Waals surface area contributed by atoms with Gasteiger partial charge >= 0.3 is 0 Å². The van der Waals surface area contributed by atoms with Crippen LogP contribution in [0.15, 0.2) is 42.6 Å². The van der Waals surface area contributed by atoms with Crippen molar-refractivity contribution >= 4 is 11.8 Å². The highest BCUT2D eigenvalue weighted by Crippen LogP contribution is 2.20.